The highest BCUT2D eigenvalue weighted by atomic mass is 35.5. The van der Waals surface area contributed by atoms with Gasteiger partial charge in [-0.2, -0.15) is 0 Å². The molecule has 0 aliphatic heterocycles. The summed E-state index contributed by atoms with van der Waals surface area (Å²) in [5.74, 6) is -1.09. The summed E-state index contributed by atoms with van der Waals surface area (Å²) in [4.78, 5) is 29.3. The van der Waals surface area contributed by atoms with Gasteiger partial charge in [0.05, 0.1) is 48.7 Å². The van der Waals surface area contributed by atoms with Crippen molar-refractivity contribution in [1.82, 2.24) is 4.98 Å². The first kappa shape index (κ1) is 21.7. The van der Waals surface area contributed by atoms with Gasteiger partial charge in [-0.15, -0.1) is 11.6 Å². The summed E-state index contributed by atoms with van der Waals surface area (Å²) in [5.41, 5.74) is 2.99. The van der Waals surface area contributed by atoms with Crippen molar-refractivity contribution in [1.29, 1.82) is 0 Å². The van der Waals surface area contributed by atoms with Gasteiger partial charge >= 0.3 is 11.9 Å². The monoisotopic (exact) mass is 406 g/mol. The maximum absolute atomic E-state index is 12.5. The van der Waals surface area contributed by atoms with Crippen molar-refractivity contribution in [2.45, 2.75) is 20.0 Å². The third-order valence-corrected chi connectivity index (χ3v) is 4.57. The number of aliphatic hydroxyl groups is 1. The zero-order valence-corrected chi connectivity index (χ0v) is 17.0. The standard InChI is InChI=1S/C20H23ClN2O5/c1-11-16(19(25)27-3)18(17(12(2)23-11)20(26)28-4)13-6-5-7-14(8-13)22-10-15(24)9-21/h5-8,15,22,24H,9-10H2,1-4H3. The van der Waals surface area contributed by atoms with E-state index in [1.54, 1.807) is 38.1 Å². The number of halogens is 1. The van der Waals surface area contributed by atoms with Crippen molar-refractivity contribution in [2.75, 3.05) is 32.0 Å². The Labute approximate surface area is 168 Å². The van der Waals surface area contributed by atoms with Crippen LogP contribution >= 0.6 is 11.6 Å². The van der Waals surface area contributed by atoms with E-state index in [4.69, 9.17) is 21.1 Å². The van der Waals surface area contributed by atoms with Crippen LogP contribution in [0.1, 0.15) is 32.1 Å². The minimum absolute atomic E-state index is 0.106. The van der Waals surface area contributed by atoms with E-state index in [2.05, 4.69) is 10.3 Å². The van der Waals surface area contributed by atoms with Gasteiger partial charge in [0, 0.05) is 17.8 Å². The molecular formula is C20H23ClN2O5. The lowest BCUT2D eigenvalue weighted by atomic mass is 9.92. The van der Waals surface area contributed by atoms with Gasteiger partial charge in [-0.3, -0.25) is 4.98 Å². The van der Waals surface area contributed by atoms with E-state index >= 15 is 0 Å². The van der Waals surface area contributed by atoms with E-state index in [-0.39, 0.29) is 23.6 Å². The number of rotatable bonds is 7. The second-order valence-electron chi connectivity index (χ2n) is 6.16. The number of carbonyl (C=O) groups excluding carboxylic acids is 2. The first-order valence-corrected chi connectivity index (χ1v) is 9.13. The largest absolute Gasteiger partial charge is 0.465 e. The number of methoxy groups -OCH3 is 2. The molecule has 0 spiro atoms. The molecule has 1 aromatic heterocycles. The van der Waals surface area contributed by atoms with Crippen LogP contribution in [0.25, 0.3) is 11.1 Å². The molecule has 0 saturated heterocycles. The van der Waals surface area contributed by atoms with Gasteiger partial charge in [0.1, 0.15) is 0 Å². The Kier molecular flexibility index (Phi) is 7.37. The molecular weight excluding hydrogens is 384 g/mol. The van der Waals surface area contributed by atoms with Gasteiger partial charge in [0.25, 0.3) is 0 Å². The lowest BCUT2D eigenvalue weighted by molar-refractivity contribution is 0.0599. The van der Waals surface area contributed by atoms with E-state index in [1.807, 2.05) is 0 Å². The van der Waals surface area contributed by atoms with Gasteiger partial charge in [0.15, 0.2) is 0 Å². The predicted molar refractivity (Wildman–Crippen MR) is 107 cm³/mol. The Morgan fingerprint density at radius 2 is 1.71 bits per heavy atom. The number of nitrogens with zero attached hydrogens (tertiary/aromatic N) is 1. The van der Waals surface area contributed by atoms with Gasteiger partial charge in [-0.1, -0.05) is 12.1 Å². The maximum atomic E-state index is 12.5. The quantitative estimate of drug-likeness (QED) is 0.538. The summed E-state index contributed by atoms with van der Waals surface area (Å²) in [6, 6.07) is 7.13. The van der Waals surface area contributed by atoms with Gasteiger partial charge in [0.2, 0.25) is 0 Å². The lowest BCUT2D eigenvalue weighted by Gasteiger charge is -2.18. The van der Waals surface area contributed by atoms with E-state index in [9.17, 15) is 14.7 Å². The van der Waals surface area contributed by atoms with Crippen molar-refractivity contribution in [3.63, 3.8) is 0 Å². The van der Waals surface area contributed by atoms with Gasteiger partial charge in [-0.25, -0.2) is 9.59 Å². The number of hydrogen-bond donors (Lipinski definition) is 2. The molecule has 28 heavy (non-hydrogen) atoms. The fourth-order valence-electron chi connectivity index (χ4n) is 2.92. The Bertz CT molecular complexity index is 845. The molecule has 0 fully saturated rings. The molecule has 7 nitrogen and oxygen atoms in total. The zero-order chi connectivity index (χ0) is 20.8. The number of esters is 2. The molecule has 0 saturated carbocycles. The van der Waals surface area contributed by atoms with Gasteiger partial charge < -0.3 is 19.9 Å². The second kappa shape index (κ2) is 9.52. The second-order valence-corrected chi connectivity index (χ2v) is 6.47. The number of pyridine rings is 1. The SMILES string of the molecule is COC(=O)c1c(C)nc(C)c(C(=O)OC)c1-c1cccc(NCC(O)CCl)c1. The molecule has 2 rings (SSSR count). The number of aryl methyl sites for hydroxylation is 2. The molecule has 0 amide bonds. The highest BCUT2D eigenvalue weighted by molar-refractivity contribution is 6.18. The Morgan fingerprint density at radius 3 is 2.21 bits per heavy atom. The molecule has 1 aromatic carbocycles. The van der Waals surface area contributed by atoms with Crippen molar-refractivity contribution in [3.8, 4) is 11.1 Å². The number of alkyl halides is 1. The Morgan fingerprint density at radius 1 is 1.14 bits per heavy atom. The van der Waals surface area contributed by atoms with Crippen molar-refractivity contribution in [2.24, 2.45) is 0 Å². The van der Waals surface area contributed by atoms with Crippen LogP contribution in [-0.4, -0.2) is 54.8 Å². The van der Waals surface area contributed by atoms with Crippen LogP contribution in [0.3, 0.4) is 0 Å². The van der Waals surface area contributed by atoms with Crippen molar-refractivity contribution >= 4 is 29.2 Å². The van der Waals surface area contributed by atoms with Crippen LogP contribution in [0.5, 0.6) is 0 Å². The number of aromatic nitrogens is 1. The molecule has 0 aliphatic rings. The topological polar surface area (TPSA) is 97.8 Å². The minimum Gasteiger partial charge on any atom is -0.465 e. The molecule has 0 aliphatic carbocycles. The van der Waals surface area contributed by atoms with Gasteiger partial charge in [-0.05, 0) is 31.5 Å². The number of ether oxygens (including phenoxy) is 2. The summed E-state index contributed by atoms with van der Waals surface area (Å²) in [7, 11) is 2.55. The van der Waals surface area contributed by atoms with E-state index < -0.39 is 18.0 Å². The lowest BCUT2D eigenvalue weighted by Crippen LogP contribution is -2.20. The number of anilines is 1. The normalized spacial score (nSPS) is 11.6. The van der Waals surface area contributed by atoms with Crippen LogP contribution in [0.2, 0.25) is 0 Å². The first-order chi connectivity index (χ1) is 13.3. The summed E-state index contributed by atoms with van der Waals surface area (Å²) < 4.78 is 9.83. The number of nitrogens with one attached hydrogen (secondary N) is 1. The predicted octanol–water partition coefficient (Wildman–Crippen LogP) is 2.95. The molecule has 8 heteroatoms. The average molecular weight is 407 g/mol. The van der Waals surface area contributed by atoms with Crippen LogP contribution in [-0.2, 0) is 9.47 Å². The number of carbonyl (C=O) groups is 2. The Balaban J connectivity index is 2.68. The highest BCUT2D eigenvalue weighted by Crippen LogP contribution is 2.33. The third-order valence-electron chi connectivity index (χ3n) is 4.21. The molecule has 2 N–H and O–H groups in total. The Hall–Kier alpha value is -2.64. The fraction of sp³-hybridized carbons (Fsp3) is 0.350. The molecule has 0 bridgehead atoms. The zero-order valence-electron chi connectivity index (χ0n) is 16.2. The number of hydrogen-bond acceptors (Lipinski definition) is 7. The highest BCUT2D eigenvalue weighted by Gasteiger charge is 2.27. The van der Waals surface area contributed by atoms with E-state index in [1.165, 1.54) is 14.2 Å². The number of benzene rings is 1. The summed E-state index contributed by atoms with van der Waals surface area (Å²) in [5, 5.41) is 12.7. The van der Waals surface area contributed by atoms with Crippen molar-refractivity contribution < 1.29 is 24.2 Å². The molecule has 2 aromatic rings. The summed E-state index contributed by atoms with van der Waals surface area (Å²) >= 11 is 5.62. The molecule has 1 heterocycles. The van der Waals surface area contributed by atoms with Crippen molar-refractivity contribution in [3.05, 3.63) is 46.8 Å². The molecule has 150 valence electrons. The molecule has 1 atom stereocenters. The van der Waals surface area contributed by atoms with E-state index in [0.29, 0.717) is 28.2 Å². The maximum Gasteiger partial charge on any atom is 0.340 e. The van der Waals surface area contributed by atoms with E-state index in [0.717, 1.165) is 0 Å². The van der Waals surface area contributed by atoms with Crippen LogP contribution in [0.15, 0.2) is 24.3 Å². The average Bonchev–Trinajstić information content (AvgIpc) is 2.70. The fourth-order valence-corrected chi connectivity index (χ4v) is 3.03. The first-order valence-electron chi connectivity index (χ1n) is 8.60. The summed E-state index contributed by atoms with van der Waals surface area (Å²) in [6.07, 6.45) is -0.702. The van der Waals surface area contributed by atoms with Crippen LogP contribution in [0, 0.1) is 13.8 Å². The van der Waals surface area contributed by atoms with Crippen LogP contribution < -0.4 is 5.32 Å². The molecule has 1 unspecified atom stereocenters. The number of aliphatic hydroxyl groups excluding tert-OH is 1. The minimum atomic E-state index is -0.702. The van der Waals surface area contributed by atoms with Crippen LogP contribution in [0.4, 0.5) is 5.69 Å². The smallest absolute Gasteiger partial charge is 0.340 e. The molecule has 0 radical (unpaired) electrons. The third kappa shape index (κ3) is 4.61. The summed E-state index contributed by atoms with van der Waals surface area (Å²) in [6.45, 7) is 3.63.